The zero-order chi connectivity index (χ0) is 13.5. The molecular weight excluding hydrogens is 226 g/mol. The van der Waals surface area contributed by atoms with Crippen molar-refractivity contribution in [3.05, 3.63) is 0 Å². The molecule has 0 unspecified atom stereocenters. The van der Waals surface area contributed by atoms with Gasteiger partial charge in [0.05, 0.1) is 0 Å². The average Bonchev–Trinajstić information content (AvgIpc) is 2.36. The van der Waals surface area contributed by atoms with Crippen molar-refractivity contribution in [2.45, 2.75) is 33.1 Å². The molecule has 4 nitrogen and oxygen atoms in total. The molecule has 0 bridgehead atoms. The normalized spacial score (nSPS) is 18.3. The Labute approximate surface area is 111 Å². The van der Waals surface area contributed by atoms with Crippen molar-refractivity contribution >= 4 is 5.91 Å². The van der Waals surface area contributed by atoms with E-state index in [2.05, 4.69) is 18.7 Å². The van der Waals surface area contributed by atoms with Crippen LogP contribution in [0.2, 0.25) is 0 Å². The molecule has 0 aromatic rings. The maximum absolute atomic E-state index is 12.3. The van der Waals surface area contributed by atoms with E-state index in [9.17, 15) is 4.79 Å². The summed E-state index contributed by atoms with van der Waals surface area (Å²) in [5.74, 6) is 1.23. The monoisotopic (exact) mass is 255 g/mol. The van der Waals surface area contributed by atoms with Gasteiger partial charge in [-0.3, -0.25) is 4.79 Å². The van der Waals surface area contributed by atoms with Crippen LogP contribution in [0.3, 0.4) is 0 Å². The number of nitrogens with zero attached hydrogens (tertiary/aromatic N) is 2. The Morgan fingerprint density at radius 2 is 2.00 bits per heavy atom. The second-order valence-corrected chi connectivity index (χ2v) is 5.85. The molecule has 0 saturated carbocycles. The molecule has 1 aliphatic rings. The third-order valence-corrected chi connectivity index (χ3v) is 3.80. The molecule has 1 amide bonds. The number of piperidine rings is 1. The van der Waals surface area contributed by atoms with Crippen molar-refractivity contribution in [3.63, 3.8) is 0 Å². The Morgan fingerprint density at radius 1 is 1.39 bits per heavy atom. The Kier molecular flexibility index (Phi) is 6.65. The van der Waals surface area contributed by atoms with Crippen LogP contribution in [-0.4, -0.2) is 55.5 Å². The molecule has 0 spiro atoms. The minimum Gasteiger partial charge on any atom is -0.346 e. The highest BCUT2D eigenvalue weighted by Gasteiger charge is 2.26. The van der Waals surface area contributed by atoms with E-state index >= 15 is 0 Å². The lowest BCUT2D eigenvalue weighted by Gasteiger charge is -2.33. The van der Waals surface area contributed by atoms with Gasteiger partial charge in [0.1, 0.15) is 0 Å². The Morgan fingerprint density at radius 3 is 2.50 bits per heavy atom. The van der Waals surface area contributed by atoms with Gasteiger partial charge in [-0.1, -0.05) is 13.8 Å². The van der Waals surface area contributed by atoms with Crippen molar-refractivity contribution < 1.29 is 4.79 Å². The van der Waals surface area contributed by atoms with Gasteiger partial charge < -0.3 is 15.5 Å². The number of nitrogens with two attached hydrogens (primary N) is 1. The van der Waals surface area contributed by atoms with E-state index < -0.39 is 0 Å². The predicted octanol–water partition coefficient (Wildman–Crippen LogP) is 1.16. The highest BCUT2D eigenvalue weighted by atomic mass is 16.2. The molecule has 1 heterocycles. The number of hydrogen-bond acceptors (Lipinski definition) is 3. The number of amides is 1. The Balaban J connectivity index is 2.30. The molecule has 1 rings (SSSR count). The molecule has 2 N–H and O–H groups in total. The minimum atomic E-state index is 0.233. The summed E-state index contributed by atoms with van der Waals surface area (Å²) in [7, 11) is 1.94. The van der Waals surface area contributed by atoms with Crippen LogP contribution in [0.4, 0.5) is 0 Å². The van der Waals surface area contributed by atoms with Crippen LogP contribution < -0.4 is 5.73 Å². The number of likely N-dealkylation sites (tertiary alicyclic amines) is 1. The smallest absolute Gasteiger partial charge is 0.225 e. The molecule has 18 heavy (non-hydrogen) atoms. The van der Waals surface area contributed by atoms with Crippen LogP contribution in [0.25, 0.3) is 0 Å². The third kappa shape index (κ3) is 4.94. The zero-order valence-electron chi connectivity index (χ0n) is 12.2. The molecule has 4 heteroatoms. The summed E-state index contributed by atoms with van der Waals surface area (Å²) in [4.78, 5) is 16.5. The molecule has 0 atom stereocenters. The number of hydrogen-bond donors (Lipinski definition) is 1. The molecule has 1 fully saturated rings. The molecular formula is C14H29N3O. The van der Waals surface area contributed by atoms with Crippen molar-refractivity contribution in [3.8, 4) is 0 Å². The molecule has 1 saturated heterocycles. The molecule has 106 valence electrons. The lowest BCUT2D eigenvalue weighted by atomic mass is 9.95. The summed E-state index contributed by atoms with van der Waals surface area (Å²) in [5.41, 5.74) is 5.55. The summed E-state index contributed by atoms with van der Waals surface area (Å²) in [6.07, 6.45) is 3.07. The number of rotatable bonds is 6. The van der Waals surface area contributed by atoms with Crippen molar-refractivity contribution in [1.82, 2.24) is 9.80 Å². The molecule has 0 aromatic carbocycles. The summed E-state index contributed by atoms with van der Waals surface area (Å²) in [6.45, 7) is 9.00. The van der Waals surface area contributed by atoms with Gasteiger partial charge in [0.2, 0.25) is 5.91 Å². The van der Waals surface area contributed by atoms with Gasteiger partial charge in [0, 0.05) is 32.6 Å². The van der Waals surface area contributed by atoms with Crippen LogP contribution in [0, 0.1) is 11.8 Å². The van der Waals surface area contributed by atoms with Crippen molar-refractivity contribution in [2.75, 3.05) is 39.8 Å². The standard InChI is InChI=1S/C14H29N3O/c1-12(2)4-8-16(3)14(18)13-5-9-17(10-6-13)11-7-15/h12-13H,4-11,15H2,1-3H3. The largest absolute Gasteiger partial charge is 0.346 e. The van der Waals surface area contributed by atoms with Crippen LogP contribution >= 0.6 is 0 Å². The topological polar surface area (TPSA) is 49.6 Å². The average molecular weight is 255 g/mol. The van der Waals surface area contributed by atoms with Gasteiger partial charge in [-0.2, -0.15) is 0 Å². The van der Waals surface area contributed by atoms with E-state index in [4.69, 9.17) is 5.73 Å². The summed E-state index contributed by atoms with van der Waals surface area (Å²) < 4.78 is 0. The first-order valence-corrected chi connectivity index (χ1v) is 7.22. The fraction of sp³-hybridized carbons (Fsp3) is 0.929. The summed E-state index contributed by atoms with van der Waals surface area (Å²) in [5, 5.41) is 0. The predicted molar refractivity (Wildman–Crippen MR) is 75.3 cm³/mol. The maximum Gasteiger partial charge on any atom is 0.225 e. The van der Waals surface area contributed by atoms with Gasteiger partial charge in [0.25, 0.3) is 0 Å². The number of carbonyl (C=O) groups is 1. The van der Waals surface area contributed by atoms with Crippen LogP contribution in [-0.2, 0) is 4.79 Å². The first-order chi connectivity index (χ1) is 8.54. The molecule has 1 aliphatic heterocycles. The molecule has 0 radical (unpaired) electrons. The van der Waals surface area contributed by atoms with E-state index in [1.807, 2.05) is 11.9 Å². The maximum atomic E-state index is 12.3. The van der Waals surface area contributed by atoms with E-state index in [-0.39, 0.29) is 5.92 Å². The minimum absolute atomic E-state index is 0.233. The van der Waals surface area contributed by atoms with Gasteiger partial charge in [-0.05, 0) is 38.3 Å². The summed E-state index contributed by atoms with van der Waals surface area (Å²) in [6, 6.07) is 0. The van der Waals surface area contributed by atoms with Gasteiger partial charge in [-0.25, -0.2) is 0 Å². The van der Waals surface area contributed by atoms with Crippen LogP contribution in [0.15, 0.2) is 0 Å². The Bertz CT molecular complexity index is 247. The lowest BCUT2D eigenvalue weighted by Crippen LogP contribution is -2.42. The second kappa shape index (κ2) is 7.74. The quantitative estimate of drug-likeness (QED) is 0.775. The van der Waals surface area contributed by atoms with Crippen LogP contribution in [0.5, 0.6) is 0 Å². The van der Waals surface area contributed by atoms with Crippen molar-refractivity contribution in [2.24, 2.45) is 17.6 Å². The SMILES string of the molecule is CC(C)CCN(C)C(=O)C1CCN(CCN)CC1. The fourth-order valence-electron chi connectivity index (χ4n) is 2.46. The molecule has 0 aromatic heterocycles. The van der Waals surface area contributed by atoms with E-state index in [1.54, 1.807) is 0 Å². The van der Waals surface area contributed by atoms with Crippen molar-refractivity contribution in [1.29, 1.82) is 0 Å². The van der Waals surface area contributed by atoms with Crippen LogP contribution in [0.1, 0.15) is 33.1 Å². The first-order valence-electron chi connectivity index (χ1n) is 7.22. The highest BCUT2D eigenvalue weighted by molar-refractivity contribution is 5.78. The van der Waals surface area contributed by atoms with Gasteiger partial charge in [-0.15, -0.1) is 0 Å². The number of carbonyl (C=O) groups excluding carboxylic acids is 1. The second-order valence-electron chi connectivity index (χ2n) is 5.85. The van der Waals surface area contributed by atoms with Gasteiger partial charge in [0.15, 0.2) is 0 Å². The lowest BCUT2D eigenvalue weighted by molar-refractivity contribution is -0.135. The van der Waals surface area contributed by atoms with E-state index in [0.29, 0.717) is 18.4 Å². The fourth-order valence-corrected chi connectivity index (χ4v) is 2.46. The molecule has 0 aliphatic carbocycles. The summed E-state index contributed by atoms with van der Waals surface area (Å²) >= 11 is 0. The van der Waals surface area contributed by atoms with Gasteiger partial charge >= 0.3 is 0 Å². The zero-order valence-corrected chi connectivity index (χ0v) is 12.2. The van der Waals surface area contributed by atoms with E-state index in [0.717, 1.165) is 45.4 Å². The highest BCUT2D eigenvalue weighted by Crippen LogP contribution is 2.19. The Hall–Kier alpha value is -0.610. The third-order valence-electron chi connectivity index (χ3n) is 3.80. The first kappa shape index (κ1) is 15.4. The van der Waals surface area contributed by atoms with E-state index in [1.165, 1.54) is 0 Å².